The first kappa shape index (κ1) is 20.7. The Morgan fingerprint density at radius 1 is 1.00 bits per heavy atom. The molecule has 6 nitrogen and oxygen atoms in total. The Kier molecular flexibility index (Phi) is 7.07. The molecule has 0 bridgehead atoms. The third-order valence-corrected chi connectivity index (χ3v) is 5.37. The molecule has 1 aliphatic heterocycles. The number of piperidine rings is 1. The predicted octanol–water partition coefficient (Wildman–Crippen LogP) is 2.65. The average Bonchev–Trinajstić information content (AvgIpc) is 2.61. The van der Waals surface area contributed by atoms with Gasteiger partial charge in [-0.2, -0.15) is 0 Å². The molecule has 2 fully saturated rings. The molecule has 1 saturated heterocycles. The summed E-state index contributed by atoms with van der Waals surface area (Å²) < 4.78 is 5.40. The van der Waals surface area contributed by atoms with Crippen molar-refractivity contribution in [3.8, 4) is 0 Å². The van der Waals surface area contributed by atoms with Crippen LogP contribution in [0.4, 0.5) is 0 Å². The van der Waals surface area contributed by atoms with E-state index in [1.807, 2.05) is 25.7 Å². The molecule has 2 aliphatic rings. The summed E-state index contributed by atoms with van der Waals surface area (Å²) in [7, 11) is 0. The predicted molar refractivity (Wildman–Crippen MR) is 99.3 cm³/mol. The zero-order chi connectivity index (χ0) is 19.3. The molecule has 0 aromatic carbocycles. The summed E-state index contributed by atoms with van der Waals surface area (Å²) in [5, 5.41) is 3.00. The zero-order valence-electron chi connectivity index (χ0n) is 16.7. The van der Waals surface area contributed by atoms with E-state index in [2.05, 4.69) is 5.32 Å². The van der Waals surface area contributed by atoms with Crippen molar-refractivity contribution in [3.63, 3.8) is 0 Å². The number of ether oxygens (including phenoxy) is 1. The fraction of sp³-hybridized carbons (Fsp3) is 0.850. The monoisotopic (exact) mass is 366 g/mol. The van der Waals surface area contributed by atoms with Crippen molar-refractivity contribution in [2.45, 2.75) is 84.8 Å². The Bertz CT molecular complexity index is 512. The second-order valence-electron chi connectivity index (χ2n) is 8.74. The lowest BCUT2D eigenvalue weighted by Gasteiger charge is -2.35. The average molecular weight is 367 g/mol. The third kappa shape index (κ3) is 5.71. The molecule has 1 heterocycles. The lowest BCUT2D eigenvalue weighted by Crippen LogP contribution is -2.46. The van der Waals surface area contributed by atoms with Gasteiger partial charge in [0.1, 0.15) is 0 Å². The van der Waals surface area contributed by atoms with Gasteiger partial charge in [-0.05, 0) is 32.6 Å². The first-order valence-corrected chi connectivity index (χ1v) is 9.98. The van der Waals surface area contributed by atoms with Gasteiger partial charge in [-0.3, -0.25) is 14.4 Å². The fourth-order valence-corrected chi connectivity index (χ4v) is 3.68. The van der Waals surface area contributed by atoms with Crippen LogP contribution in [0.1, 0.15) is 72.6 Å². The van der Waals surface area contributed by atoms with E-state index in [1.54, 1.807) is 6.92 Å². The van der Waals surface area contributed by atoms with Crippen molar-refractivity contribution in [3.05, 3.63) is 0 Å². The van der Waals surface area contributed by atoms with E-state index in [1.165, 1.54) is 6.42 Å². The quantitative estimate of drug-likeness (QED) is 0.776. The van der Waals surface area contributed by atoms with Crippen LogP contribution in [0.5, 0.6) is 0 Å². The maximum atomic E-state index is 12.4. The SMILES string of the molecule is CC(OC(=O)C1CCN(C(=O)C(C)(C)C)CC1)C(=O)NC1CCCCC1. The number of amides is 2. The molecule has 0 spiro atoms. The Hall–Kier alpha value is -1.59. The highest BCUT2D eigenvalue weighted by Crippen LogP contribution is 2.24. The Morgan fingerprint density at radius 3 is 2.12 bits per heavy atom. The third-order valence-electron chi connectivity index (χ3n) is 5.37. The molecule has 2 rings (SSSR count). The summed E-state index contributed by atoms with van der Waals surface area (Å²) in [6.07, 6.45) is 5.95. The molecule has 1 N–H and O–H groups in total. The van der Waals surface area contributed by atoms with Crippen molar-refractivity contribution < 1.29 is 19.1 Å². The summed E-state index contributed by atoms with van der Waals surface area (Å²) in [6.45, 7) is 8.48. The van der Waals surface area contributed by atoms with Gasteiger partial charge in [0.15, 0.2) is 6.10 Å². The Balaban J connectivity index is 1.75. The minimum atomic E-state index is -0.765. The van der Waals surface area contributed by atoms with Gasteiger partial charge in [-0.25, -0.2) is 0 Å². The van der Waals surface area contributed by atoms with Crippen molar-refractivity contribution >= 4 is 17.8 Å². The molecule has 1 aliphatic carbocycles. The summed E-state index contributed by atoms with van der Waals surface area (Å²) in [6, 6.07) is 0.212. The van der Waals surface area contributed by atoms with E-state index in [-0.39, 0.29) is 29.7 Å². The van der Waals surface area contributed by atoms with Gasteiger partial charge in [0.25, 0.3) is 5.91 Å². The van der Waals surface area contributed by atoms with Gasteiger partial charge in [0.2, 0.25) is 5.91 Å². The first-order valence-electron chi connectivity index (χ1n) is 9.98. The van der Waals surface area contributed by atoms with E-state index in [0.717, 1.165) is 25.7 Å². The largest absolute Gasteiger partial charge is 0.452 e. The number of likely N-dealkylation sites (tertiary alicyclic amines) is 1. The molecule has 0 radical (unpaired) electrons. The number of hydrogen-bond acceptors (Lipinski definition) is 4. The van der Waals surface area contributed by atoms with Gasteiger partial charge in [-0.15, -0.1) is 0 Å². The molecular weight excluding hydrogens is 332 g/mol. The molecule has 26 heavy (non-hydrogen) atoms. The van der Waals surface area contributed by atoms with E-state index >= 15 is 0 Å². The van der Waals surface area contributed by atoms with Gasteiger partial charge in [0.05, 0.1) is 5.92 Å². The Morgan fingerprint density at radius 2 is 1.58 bits per heavy atom. The lowest BCUT2D eigenvalue weighted by molar-refractivity contribution is -0.161. The summed E-state index contributed by atoms with van der Waals surface area (Å²) in [5.74, 6) is -0.641. The van der Waals surface area contributed by atoms with Crippen molar-refractivity contribution in [2.75, 3.05) is 13.1 Å². The van der Waals surface area contributed by atoms with Crippen LogP contribution in [0.3, 0.4) is 0 Å². The molecule has 0 aromatic heterocycles. The van der Waals surface area contributed by atoms with Gasteiger partial charge in [-0.1, -0.05) is 40.0 Å². The van der Waals surface area contributed by atoms with Gasteiger partial charge >= 0.3 is 5.97 Å². The standard InChI is InChI=1S/C20H34N2O4/c1-14(17(23)21-16-8-6-5-7-9-16)26-18(24)15-10-12-22(13-11-15)19(25)20(2,3)4/h14-16H,5-13H2,1-4H3,(H,21,23). The van der Waals surface area contributed by atoms with Crippen LogP contribution in [0.25, 0.3) is 0 Å². The van der Waals surface area contributed by atoms with Gasteiger partial charge < -0.3 is 15.0 Å². The second-order valence-corrected chi connectivity index (χ2v) is 8.74. The van der Waals surface area contributed by atoms with E-state index in [0.29, 0.717) is 25.9 Å². The number of nitrogens with one attached hydrogen (secondary N) is 1. The first-order chi connectivity index (χ1) is 12.2. The number of carbonyl (C=O) groups excluding carboxylic acids is 3. The molecule has 1 saturated carbocycles. The van der Waals surface area contributed by atoms with Crippen LogP contribution in [-0.2, 0) is 19.1 Å². The van der Waals surface area contributed by atoms with E-state index in [4.69, 9.17) is 4.74 Å². The van der Waals surface area contributed by atoms with Crippen molar-refractivity contribution in [2.24, 2.45) is 11.3 Å². The van der Waals surface area contributed by atoms with Crippen LogP contribution in [0.15, 0.2) is 0 Å². The molecular formula is C20H34N2O4. The van der Waals surface area contributed by atoms with Crippen molar-refractivity contribution in [1.29, 1.82) is 0 Å². The highest BCUT2D eigenvalue weighted by Gasteiger charge is 2.34. The number of nitrogens with zero attached hydrogens (tertiary/aromatic N) is 1. The number of esters is 1. The Labute approximate surface area is 157 Å². The van der Waals surface area contributed by atoms with Crippen LogP contribution < -0.4 is 5.32 Å². The molecule has 2 amide bonds. The van der Waals surface area contributed by atoms with Crippen LogP contribution in [-0.4, -0.2) is 47.9 Å². The lowest BCUT2D eigenvalue weighted by atomic mass is 9.91. The highest BCUT2D eigenvalue weighted by atomic mass is 16.5. The second kappa shape index (κ2) is 8.87. The molecule has 1 atom stereocenters. The summed E-state index contributed by atoms with van der Waals surface area (Å²) in [5.41, 5.74) is -0.404. The number of rotatable bonds is 4. The van der Waals surface area contributed by atoms with Crippen LogP contribution in [0.2, 0.25) is 0 Å². The fourth-order valence-electron chi connectivity index (χ4n) is 3.68. The summed E-state index contributed by atoms with van der Waals surface area (Å²) >= 11 is 0. The maximum absolute atomic E-state index is 12.4. The van der Waals surface area contributed by atoms with Crippen molar-refractivity contribution in [1.82, 2.24) is 10.2 Å². The maximum Gasteiger partial charge on any atom is 0.309 e. The highest BCUT2D eigenvalue weighted by molar-refractivity contribution is 5.84. The molecule has 148 valence electrons. The minimum absolute atomic E-state index is 0.115. The van der Waals surface area contributed by atoms with Crippen LogP contribution >= 0.6 is 0 Å². The van der Waals surface area contributed by atoms with Gasteiger partial charge in [0, 0.05) is 24.5 Å². The molecule has 0 aromatic rings. The summed E-state index contributed by atoms with van der Waals surface area (Å²) in [4.78, 5) is 38.7. The smallest absolute Gasteiger partial charge is 0.309 e. The topological polar surface area (TPSA) is 75.7 Å². The van der Waals surface area contributed by atoms with E-state index < -0.39 is 11.5 Å². The number of carbonyl (C=O) groups is 3. The molecule has 6 heteroatoms. The molecule has 1 unspecified atom stereocenters. The zero-order valence-corrected chi connectivity index (χ0v) is 16.7. The van der Waals surface area contributed by atoms with E-state index in [9.17, 15) is 14.4 Å². The minimum Gasteiger partial charge on any atom is -0.452 e. The number of hydrogen-bond donors (Lipinski definition) is 1. The normalized spacial score (nSPS) is 21.2. The van der Waals surface area contributed by atoms with Crippen LogP contribution in [0, 0.1) is 11.3 Å².